The molecule has 13 heavy (non-hydrogen) atoms. The highest BCUT2D eigenvalue weighted by Crippen LogP contribution is 2.40. The van der Waals surface area contributed by atoms with Crippen LogP contribution in [0.4, 0.5) is 0 Å². The quantitative estimate of drug-likeness (QED) is 0.597. The van der Waals surface area contributed by atoms with Crippen LogP contribution in [-0.4, -0.2) is 10.9 Å². The third-order valence-electron chi connectivity index (χ3n) is 3.13. The second kappa shape index (κ2) is 2.34. The number of aromatic nitrogens is 1. The fourth-order valence-corrected chi connectivity index (χ4v) is 2.51. The molecule has 0 aromatic carbocycles. The SMILES string of the molecule is O=Cc1ccc2n1CC1=C2CCC1. The molecule has 0 N–H and O–H groups in total. The fourth-order valence-electron chi connectivity index (χ4n) is 2.51. The summed E-state index contributed by atoms with van der Waals surface area (Å²) in [6.45, 7) is 0.964. The number of carbonyl (C=O) groups is 1. The van der Waals surface area contributed by atoms with Gasteiger partial charge < -0.3 is 4.57 Å². The molecular weight excluding hydrogens is 162 g/mol. The second-order valence-electron chi connectivity index (χ2n) is 3.78. The third kappa shape index (κ3) is 0.804. The standard InChI is InChI=1S/C11H11NO/c13-7-9-4-5-11-10-3-1-2-8(10)6-12(9)11/h4-5,7H,1-3,6H2. The number of hydrogen-bond acceptors (Lipinski definition) is 1. The van der Waals surface area contributed by atoms with Crippen molar-refractivity contribution in [2.75, 3.05) is 0 Å². The minimum atomic E-state index is 0.824. The summed E-state index contributed by atoms with van der Waals surface area (Å²) in [7, 11) is 0. The minimum Gasteiger partial charge on any atom is -0.334 e. The van der Waals surface area contributed by atoms with Crippen molar-refractivity contribution >= 4 is 11.9 Å². The van der Waals surface area contributed by atoms with Crippen LogP contribution in [0.3, 0.4) is 0 Å². The van der Waals surface area contributed by atoms with Gasteiger partial charge in [0.15, 0.2) is 6.29 Å². The van der Waals surface area contributed by atoms with Crippen molar-refractivity contribution in [3.05, 3.63) is 29.1 Å². The topological polar surface area (TPSA) is 22.0 Å². The van der Waals surface area contributed by atoms with Gasteiger partial charge in [0.2, 0.25) is 0 Å². The summed E-state index contributed by atoms with van der Waals surface area (Å²) in [5.74, 6) is 0. The first-order valence-corrected chi connectivity index (χ1v) is 4.76. The Kier molecular flexibility index (Phi) is 1.29. The van der Waals surface area contributed by atoms with Crippen LogP contribution in [0, 0.1) is 0 Å². The molecule has 0 amide bonds. The van der Waals surface area contributed by atoms with E-state index in [2.05, 4.69) is 10.6 Å². The molecule has 1 aliphatic carbocycles. The first-order chi connectivity index (χ1) is 6.40. The Morgan fingerprint density at radius 1 is 1.31 bits per heavy atom. The first-order valence-electron chi connectivity index (χ1n) is 4.76. The molecule has 2 nitrogen and oxygen atoms in total. The van der Waals surface area contributed by atoms with E-state index in [0.717, 1.165) is 18.5 Å². The summed E-state index contributed by atoms with van der Waals surface area (Å²) in [6.07, 6.45) is 4.69. The number of nitrogens with zero attached hydrogens (tertiary/aromatic N) is 1. The zero-order chi connectivity index (χ0) is 8.84. The molecule has 0 unspecified atom stereocenters. The van der Waals surface area contributed by atoms with Gasteiger partial charge in [-0.2, -0.15) is 0 Å². The Morgan fingerprint density at radius 3 is 3.08 bits per heavy atom. The highest BCUT2D eigenvalue weighted by Gasteiger charge is 2.26. The normalized spacial score (nSPS) is 19.1. The Bertz CT molecular complexity index is 412. The van der Waals surface area contributed by atoms with Gasteiger partial charge in [-0.1, -0.05) is 0 Å². The van der Waals surface area contributed by atoms with E-state index in [-0.39, 0.29) is 0 Å². The zero-order valence-corrected chi connectivity index (χ0v) is 7.42. The van der Waals surface area contributed by atoms with Crippen molar-refractivity contribution < 1.29 is 4.79 Å². The number of allylic oxidation sites excluding steroid dienone is 2. The average molecular weight is 173 g/mol. The number of fused-ring (bicyclic) bond motifs is 2. The molecule has 0 bridgehead atoms. The molecule has 1 aliphatic heterocycles. The largest absolute Gasteiger partial charge is 0.334 e. The van der Waals surface area contributed by atoms with Crippen LogP contribution in [-0.2, 0) is 6.54 Å². The first kappa shape index (κ1) is 7.13. The lowest BCUT2D eigenvalue weighted by atomic mass is 10.1. The Hall–Kier alpha value is -1.31. The van der Waals surface area contributed by atoms with E-state index in [1.165, 1.54) is 30.5 Å². The molecule has 2 heteroatoms. The van der Waals surface area contributed by atoms with Gasteiger partial charge in [-0.3, -0.25) is 4.79 Å². The molecule has 0 spiro atoms. The van der Waals surface area contributed by atoms with Gasteiger partial charge in [-0.05, 0) is 42.5 Å². The molecule has 0 fully saturated rings. The summed E-state index contributed by atoms with van der Waals surface area (Å²) < 4.78 is 2.14. The highest BCUT2D eigenvalue weighted by atomic mass is 16.1. The maximum Gasteiger partial charge on any atom is 0.166 e. The van der Waals surface area contributed by atoms with Gasteiger partial charge in [0.25, 0.3) is 0 Å². The number of rotatable bonds is 1. The van der Waals surface area contributed by atoms with Crippen molar-refractivity contribution in [1.82, 2.24) is 4.57 Å². The molecule has 0 radical (unpaired) electrons. The van der Waals surface area contributed by atoms with Crippen molar-refractivity contribution in [3.63, 3.8) is 0 Å². The maximum absolute atomic E-state index is 10.7. The van der Waals surface area contributed by atoms with Crippen LogP contribution in [0.2, 0.25) is 0 Å². The summed E-state index contributed by atoms with van der Waals surface area (Å²) in [5, 5.41) is 0. The van der Waals surface area contributed by atoms with E-state index in [4.69, 9.17) is 0 Å². The highest BCUT2D eigenvalue weighted by molar-refractivity contribution is 5.79. The zero-order valence-electron chi connectivity index (χ0n) is 7.42. The fraction of sp³-hybridized carbons (Fsp3) is 0.364. The average Bonchev–Trinajstić information content (AvgIpc) is 2.72. The van der Waals surface area contributed by atoms with Crippen LogP contribution in [0.15, 0.2) is 17.7 Å². The Balaban J connectivity index is 2.15. The molecular formula is C11H11NO. The van der Waals surface area contributed by atoms with Crippen LogP contribution in [0.5, 0.6) is 0 Å². The lowest BCUT2D eigenvalue weighted by molar-refractivity contribution is 0.111. The number of carbonyl (C=O) groups excluding carboxylic acids is 1. The van der Waals surface area contributed by atoms with Crippen LogP contribution < -0.4 is 0 Å². The van der Waals surface area contributed by atoms with E-state index in [0.29, 0.717) is 0 Å². The smallest absolute Gasteiger partial charge is 0.166 e. The lowest BCUT2D eigenvalue weighted by Gasteiger charge is -2.03. The van der Waals surface area contributed by atoms with E-state index in [1.54, 1.807) is 5.57 Å². The van der Waals surface area contributed by atoms with Gasteiger partial charge in [0, 0.05) is 12.2 Å². The van der Waals surface area contributed by atoms with Crippen molar-refractivity contribution in [2.45, 2.75) is 25.8 Å². The molecule has 0 saturated heterocycles. The van der Waals surface area contributed by atoms with Gasteiger partial charge in [0.1, 0.15) is 0 Å². The van der Waals surface area contributed by atoms with Crippen LogP contribution >= 0.6 is 0 Å². The lowest BCUT2D eigenvalue weighted by Crippen LogP contribution is -2.01. The summed E-state index contributed by atoms with van der Waals surface area (Å²) in [6, 6.07) is 4.00. The summed E-state index contributed by atoms with van der Waals surface area (Å²) in [5.41, 5.74) is 5.17. The molecule has 1 aromatic rings. The number of hydrogen-bond donors (Lipinski definition) is 0. The minimum absolute atomic E-state index is 0.824. The molecule has 0 atom stereocenters. The van der Waals surface area contributed by atoms with E-state index >= 15 is 0 Å². The predicted octanol–water partition coefficient (Wildman–Crippen LogP) is 2.25. The van der Waals surface area contributed by atoms with Gasteiger partial charge in [-0.25, -0.2) is 0 Å². The summed E-state index contributed by atoms with van der Waals surface area (Å²) in [4.78, 5) is 10.7. The van der Waals surface area contributed by atoms with E-state index in [9.17, 15) is 4.79 Å². The molecule has 0 saturated carbocycles. The van der Waals surface area contributed by atoms with Crippen molar-refractivity contribution in [2.24, 2.45) is 0 Å². The molecule has 1 aromatic heterocycles. The van der Waals surface area contributed by atoms with E-state index in [1.807, 2.05) is 6.07 Å². The molecule has 2 heterocycles. The van der Waals surface area contributed by atoms with Gasteiger partial charge >= 0.3 is 0 Å². The molecule has 3 rings (SSSR count). The van der Waals surface area contributed by atoms with Crippen LogP contribution in [0.1, 0.15) is 35.4 Å². The van der Waals surface area contributed by atoms with Crippen LogP contribution in [0.25, 0.3) is 5.57 Å². The van der Waals surface area contributed by atoms with Gasteiger partial charge in [0.05, 0.1) is 5.69 Å². The predicted molar refractivity (Wildman–Crippen MR) is 50.6 cm³/mol. The Labute approximate surface area is 76.9 Å². The number of aldehydes is 1. The summed E-state index contributed by atoms with van der Waals surface area (Å²) >= 11 is 0. The monoisotopic (exact) mass is 173 g/mol. The van der Waals surface area contributed by atoms with E-state index < -0.39 is 0 Å². The van der Waals surface area contributed by atoms with Crippen molar-refractivity contribution in [3.8, 4) is 0 Å². The third-order valence-corrected chi connectivity index (χ3v) is 3.13. The van der Waals surface area contributed by atoms with Crippen molar-refractivity contribution in [1.29, 1.82) is 0 Å². The van der Waals surface area contributed by atoms with Gasteiger partial charge in [-0.15, -0.1) is 0 Å². The molecule has 66 valence electrons. The Morgan fingerprint density at radius 2 is 2.23 bits per heavy atom. The maximum atomic E-state index is 10.7. The second-order valence-corrected chi connectivity index (χ2v) is 3.78. The molecule has 2 aliphatic rings.